The smallest absolute Gasteiger partial charge is 0.254 e. The zero-order valence-electron chi connectivity index (χ0n) is 23.5. The fourth-order valence-electron chi connectivity index (χ4n) is 4.52. The second-order valence-electron chi connectivity index (χ2n) is 9.66. The molecule has 10 heteroatoms. The first-order valence-electron chi connectivity index (χ1n) is 13.7. The van der Waals surface area contributed by atoms with Gasteiger partial charge in [0.25, 0.3) is 5.91 Å². The zero-order chi connectivity index (χ0) is 28.5. The molecule has 1 aromatic heterocycles. The molecule has 1 aliphatic rings. The summed E-state index contributed by atoms with van der Waals surface area (Å²) < 4.78 is 14.5. The Balaban J connectivity index is 1.60. The first kappa shape index (κ1) is 29.4. The van der Waals surface area contributed by atoms with Gasteiger partial charge in [-0.2, -0.15) is 0 Å². The van der Waals surface area contributed by atoms with Crippen molar-refractivity contribution in [2.45, 2.75) is 71.0 Å². The summed E-state index contributed by atoms with van der Waals surface area (Å²) in [7, 11) is 0. The normalized spacial score (nSPS) is 14.9. The third-order valence-corrected chi connectivity index (χ3v) is 7.75. The molecule has 1 atom stereocenters. The van der Waals surface area contributed by atoms with Crippen LogP contribution in [0.4, 0.5) is 5.82 Å². The molecule has 9 nitrogen and oxygen atoms in total. The largest absolute Gasteiger partial charge is 0.377 e. The van der Waals surface area contributed by atoms with Crippen LogP contribution in [0.15, 0.2) is 56.9 Å². The quantitative estimate of drug-likeness (QED) is 0.181. The molecule has 2 amide bonds. The van der Waals surface area contributed by atoms with E-state index in [1.165, 1.54) is 11.9 Å². The van der Waals surface area contributed by atoms with Gasteiger partial charge in [-0.25, -0.2) is 0 Å². The number of ether oxygens (including phenoxy) is 1. The zero-order valence-corrected chi connectivity index (χ0v) is 24.3. The lowest BCUT2D eigenvalue weighted by molar-refractivity contribution is -0.127. The second kappa shape index (κ2) is 14.1. The highest BCUT2D eigenvalue weighted by atomic mass is 32.2. The number of aromatic nitrogens is 1. The number of nitrogens with one attached hydrogen (secondary N) is 2. The first-order valence-corrected chi connectivity index (χ1v) is 14.5. The monoisotopic (exact) mass is 563 g/mol. The van der Waals surface area contributed by atoms with E-state index in [0.717, 1.165) is 63.6 Å². The second-order valence-corrected chi connectivity index (χ2v) is 10.5. The highest BCUT2D eigenvalue weighted by molar-refractivity contribution is 8.00. The van der Waals surface area contributed by atoms with Gasteiger partial charge in [0.15, 0.2) is 5.82 Å². The van der Waals surface area contributed by atoms with Crippen molar-refractivity contribution in [3.63, 3.8) is 0 Å². The number of aliphatic imine (C=N–C) groups is 1. The summed E-state index contributed by atoms with van der Waals surface area (Å²) >= 11 is 1.49. The van der Waals surface area contributed by atoms with Crippen molar-refractivity contribution in [1.82, 2.24) is 15.4 Å². The van der Waals surface area contributed by atoms with Crippen molar-refractivity contribution in [1.29, 1.82) is 0 Å². The van der Waals surface area contributed by atoms with Crippen LogP contribution in [-0.2, 0) is 27.5 Å². The molecule has 0 saturated heterocycles. The molecular formula is C30H37N5O4S. The van der Waals surface area contributed by atoms with Crippen molar-refractivity contribution in [2.24, 2.45) is 4.99 Å². The highest BCUT2D eigenvalue weighted by Crippen LogP contribution is 2.35. The lowest BCUT2D eigenvalue weighted by Gasteiger charge is -2.21. The molecule has 0 saturated carbocycles. The van der Waals surface area contributed by atoms with E-state index in [0.29, 0.717) is 32.0 Å². The molecular weight excluding hydrogens is 526 g/mol. The molecule has 0 aliphatic carbocycles. The summed E-state index contributed by atoms with van der Waals surface area (Å²) in [5.41, 5.74) is 5.15. The van der Waals surface area contributed by atoms with Gasteiger partial charge in [-0.3, -0.25) is 19.5 Å². The van der Waals surface area contributed by atoms with Crippen LogP contribution in [0.5, 0.6) is 0 Å². The Bertz CT molecular complexity index is 1360. The molecule has 3 aromatic rings. The molecule has 1 unspecified atom stereocenters. The summed E-state index contributed by atoms with van der Waals surface area (Å²) in [6, 6.07) is 13.9. The van der Waals surface area contributed by atoms with Gasteiger partial charge < -0.3 is 19.3 Å². The number of hydrogen-bond donors (Lipinski definition) is 2. The predicted octanol–water partition coefficient (Wildman–Crippen LogP) is 5.66. The van der Waals surface area contributed by atoms with E-state index in [1.807, 2.05) is 32.9 Å². The van der Waals surface area contributed by atoms with E-state index in [2.05, 4.69) is 57.4 Å². The van der Waals surface area contributed by atoms with E-state index >= 15 is 0 Å². The van der Waals surface area contributed by atoms with Gasteiger partial charge in [0, 0.05) is 30.0 Å². The number of rotatable bonds is 15. The summed E-state index contributed by atoms with van der Waals surface area (Å²) in [4.78, 5) is 31.5. The minimum atomic E-state index is -0.576. The fraction of sp³-hybridized carbons (Fsp3) is 0.400. The molecule has 40 heavy (non-hydrogen) atoms. The van der Waals surface area contributed by atoms with Crippen LogP contribution in [0.3, 0.4) is 0 Å². The Morgan fingerprint density at radius 3 is 2.70 bits per heavy atom. The molecule has 2 heterocycles. The number of amides is 2. The van der Waals surface area contributed by atoms with E-state index in [4.69, 9.17) is 9.26 Å². The number of hydrogen-bond acceptors (Lipinski definition) is 8. The van der Waals surface area contributed by atoms with E-state index in [1.54, 1.807) is 4.90 Å². The molecule has 0 radical (unpaired) electrons. The average molecular weight is 564 g/mol. The number of amidine groups is 1. The minimum Gasteiger partial charge on any atom is -0.377 e. The number of carbonyl (C=O) groups is 2. The molecule has 0 fully saturated rings. The Hall–Kier alpha value is -3.63. The molecule has 212 valence electrons. The van der Waals surface area contributed by atoms with Gasteiger partial charge in [-0.15, -0.1) is 0 Å². The number of benzene rings is 2. The van der Waals surface area contributed by atoms with Crippen LogP contribution < -0.4 is 10.0 Å². The van der Waals surface area contributed by atoms with Gasteiger partial charge in [-0.05, 0) is 67.5 Å². The first-order chi connectivity index (χ1) is 19.5. The van der Waals surface area contributed by atoms with Crippen LogP contribution >= 0.6 is 11.9 Å². The van der Waals surface area contributed by atoms with Crippen LogP contribution in [0.25, 0.3) is 11.1 Å². The number of nitrogens with zero attached hydrogens (tertiary/aromatic N) is 3. The third-order valence-electron chi connectivity index (χ3n) is 6.88. The molecule has 1 aliphatic heterocycles. The summed E-state index contributed by atoms with van der Waals surface area (Å²) in [5, 5.41) is 6.72. The summed E-state index contributed by atoms with van der Waals surface area (Å²) in [5.74, 6) is 2.20. The lowest BCUT2D eigenvalue weighted by atomic mass is 9.97. The highest BCUT2D eigenvalue weighted by Gasteiger charge is 2.33. The Labute approximate surface area is 239 Å². The summed E-state index contributed by atoms with van der Waals surface area (Å²) in [6.07, 6.45) is 3.29. The molecule has 0 spiro atoms. The van der Waals surface area contributed by atoms with Gasteiger partial charge in [0.1, 0.15) is 17.6 Å². The Kier molecular flexibility index (Phi) is 10.4. The van der Waals surface area contributed by atoms with Crippen LogP contribution in [0.2, 0.25) is 0 Å². The van der Waals surface area contributed by atoms with E-state index < -0.39 is 6.04 Å². The number of carbonyl (C=O) groups excluding carboxylic acids is 2. The SMILES string of the molecule is CCCCC1=NC(CNC=O)C(=O)N1Cc1ccc(-c2ccccc2SNc2noc(C)c2C)c(COCC)c1. The average Bonchev–Trinajstić information content (AvgIpc) is 3.45. The number of anilines is 1. The fourth-order valence-corrected chi connectivity index (χ4v) is 5.36. The van der Waals surface area contributed by atoms with Gasteiger partial charge in [-0.1, -0.05) is 54.9 Å². The third kappa shape index (κ3) is 6.92. The van der Waals surface area contributed by atoms with E-state index in [-0.39, 0.29) is 12.5 Å². The van der Waals surface area contributed by atoms with Gasteiger partial charge in [0.05, 0.1) is 13.2 Å². The van der Waals surface area contributed by atoms with Crippen molar-refractivity contribution >= 4 is 35.9 Å². The van der Waals surface area contributed by atoms with Gasteiger partial charge in [0.2, 0.25) is 6.41 Å². The van der Waals surface area contributed by atoms with Crippen LogP contribution in [-0.4, -0.2) is 47.4 Å². The predicted molar refractivity (Wildman–Crippen MR) is 158 cm³/mol. The Morgan fingerprint density at radius 2 is 1.98 bits per heavy atom. The van der Waals surface area contributed by atoms with Crippen molar-refractivity contribution in [3.05, 3.63) is 64.9 Å². The van der Waals surface area contributed by atoms with Crippen molar-refractivity contribution in [3.8, 4) is 11.1 Å². The minimum absolute atomic E-state index is 0.0814. The maximum atomic E-state index is 13.2. The van der Waals surface area contributed by atoms with E-state index in [9.17, 15) is 9.59 Å². The Morgan fingerprint density at radius 1 is 1.15 bits per heavy atom. The maximum Gasteiger partial charge on any atom is 0.254 e. The van der Waals surface area contributed by atoms with Crippen molar-refractivity contribution < 1.29 is 18.8 Å². The van der Waals surface area contributed by atoms with Crippen LogP contribution in [0, 0.1) is 13.8 Å². The number of unbranched alkanes of at least 4 members (excludes halogenated alkanes) is 1. The van der Waals surface area contributed by atoms with Crippen LogP contribution in [0.1, 0.15) is 55.6 Å². The molecule has 4 rings (SSSR count). The molecule has 2 aromatic carbocycles. The topological polar surface area (TPSA) is 109 Å². The van der Waals surface area contributed by atoms with Crippen molar-refractivity contribution in [2.75, 3.05) is 17.9 Å². The number of aryl methyl sites for hydroxylation is 1. The lowest BCUT2D eigenvalue weighted by Crippen LogP contribution is -2.38. The molecule has 0 bridgehead atoms. The molecule has 2 N–H and O–H groups in total. The summed E-state index contributed by atoms with van der Waals surface area (Å²) in [6.45, 7) is 9.63. The maximum absolute atomic E-state index is 13.2. The standard InChI is InChI=1S/C30H37N5O4S/c1-5-7-12-28-32-26(16-31-19-36)30(37)35(28)17-22-13-14-24(23(15-22)18-38-6-2)25-10-8-9-11-27(25)40-34-29-20(3)21(4)39-33-29/h8-11,13-15,19,26H,5-7,12,16-18H2,1-4H3,(H,31,36)(H,33,34). The van der Waals surface area contributed by atoms with Gasteiger partial charge >= 0.3 is 0 Å².